The minimum Gasteiger partial charge on any atom is -0.508 e. The Morgan fingerprint density at radius 3 is 2.18 bits per heavy atom. The van der Waals surface area contributed by atoms with Gasteiger partial charge in [-0.2, -0.15) is 0 Å². The fourth-order valence-electron chi connectivity index (χ4n) is 3.58. The van der Waals surface area contributed by atoms with Gasteiger partial charge in [-0.15, -0.1) is 0 Å². The van der Waals surface area contributed by atoms with Crippen molar-refractivity contribution in [2.75, 3.05) is 13.7 Å². The van der Waals surface area contributed by atoms with E-state index in [0.717, 1.165) is 16.7 Å². The van der Waals surface area contributed by atoms with Crippen molar-refractivity contribution in [3.8, 4) is 28.4 Å². The number of rotatable bonds is 8. The zero-order valence-electron chi connectivity index (χ0n) is 21.2. The van der Waals surface area contributed by atoms with Gasteiger partial charge in [0.25, 0.3) is 5.91 Å². The van der Waals surface area contributed by atoms with Crippen molar-refractivity contribution in [2.45, 2.75) is 19.4 Å². The molecule has 4 rings (SSSR count). The average Bonchev–Trinajstić information content (AvgIpc) is 2.93. The van der Waals surface area contributed by atoms with Crippen molar-refractivity contribution >= 4 is 11.9 Å². The van der Waals surface area contributed by atoms with E-state index in [0.29, 0.717) is 12.2 Å². The molecule has 8 nitrogen and oxygen atoms in total. The first-order chi connectivity index (χ1) is 18.4. The number of nitrogens with zero attached hydrogens (tertiary/aromatic N) is 1. The molecule has 4 aromatic rings. The predicted molar refractivity (Wildman–Crippen MR) is 144 cm³/mol. The van der Waals surface area contributed by atoms with Crippen LogP contribution in [0, 0.1) is 0 Å². The Morgan fingerprint density at radius 2 is 1.55 bits per heavy atom. The minimum absolute atomic E-state index is 0.120. The van der Waals surface area contributed by atoms with Gasteiger partial charge in [-0.25, -0.2) is 4.98 Å². The molecule has 1 heterocycles. The van der Waals surface area contributed by atoms with Crippen LogP contribution in [0.5, 0.6) is 17.2 Å². The van der Waals surface area contributed by atoms with Gasteiger partial charge in [0.15, 0.2) is 17.2 Å². The van der Waals surface area contributed by atoms with Gasteiger partial charge in [0, 0.05) is 18.7 Å². The van der Waals surface area contributed by atoms with Gasteiger partial charge in [0.1, 0.15) is 18.4 Å². The fourth-order valence-corrected chi connectivity index (χ4v) is 3.58. The van der Waals surface area contributed by atoms with Gasteiger partial charge in [-0.1, -0.05) is 72.8 Å². The summed E-state index contributed by atoms with van der Waals surface area (Å²) in [5, 5.41) is 21.0. The summed E-state index contributed by atoms with van der Waals surface area (Å²) in [5.41, 5.74) is 3.02. The minimum atomic E-state index is -0.698. The number of benzene rings is 3. The van der Waals surface area contributed by atoms with Gasteiger partial charge < -0.3 is 25.0 Å². The monoisotopic (exact) mass is 514 g/mol. The third-order valence-corrected chi connectivity index (χ3v) is 5.36. The summed E-state index contributed by atoms with van der Waals surface area (Å²) >= 11 is 0. The van der Waals surface area contributed by atoms with E-state index in [1.807, 2.05) is 54.6 Å². The number of carbonyl (C=O) groups is 2. The molecule has 0 radical (unpaired) electrons. The van der Waals surface area contributed by atoms with E-state index in [1.165, 1.54) is 19.4 Å². The number of nitrogens with one attached hydrogen (secondary N) is 1. The first kappa shape index (κ1) is 27.7. The molecule has 0 spiro atoms. The van der Waals surface area contributed by atoms with Crippen LogP contribution in [0.25, 0.3) is 11.1 Å². The third-order valence-electron chi connectivity index (χ3n) is 5.36. The molecule has 3 N–H and O–H groups in total. The van der Waals surface area contributed by atoms with E-state index in [2.05, 4.69) is 16.4 Å². The highest BCUT2D eigenvalue weighted by Crippen LogP contribution is 2.27. The van der Waals surface area contributed by atoms with E-state index in [1.54, 1.807) is 31.2 Å². The smallest absolute Gasteiger partial charge is 0.325 e. The topological polar surface area (TPSA) is 118 Å². The van der Waals surface area contributed by atoms with Crippen LogP contribution in [-0.2, 0) is 16.0 Å². The Hall–Kier alpha value is -4.85. The number of amides is 1. The Kier molecular flexibility index (Phi) is 10.2. The van der Waals surface area contributed by atoms with Crippen LogP contribution in [0.2, 0.25) is 0 Å². The largest absolute Gasteiger partial charge is 0.508 e. The molecule has 0 bridgehead atoms. The van der Waals surface area contributed by atoms with Crippen LogP contribution in [0.15, 0.2) is 97.2 Å². The van der Waals surface area contributed by atoms with Gasteiger partial charge in [0.2, 0.25) is 0 Å². The molecule has 8 heteroatoms. The lowest BCUT2D eigenvalue weighted by atomic mass is 10.0. The Morgan fingerprint density at radius 1 is 0.895 bits per heavy atom. The number of aromatic hydroxyl groups is 2. The number of aromatic nitrogens is 1. The van der Waals surface area contributed by atoms with Crippen LogP contribution in [0.3, 0.4) is 0 Å². The van der Waals surface area contributed by atoms with Crippen molar-refractivity contribution < 1.29 is 29.3 Å². The highest BCUT2D eigenvalue weighted by atomic mass is 16.5. The normalized spacial score (nSPS) is 10.9. The van der Waals surface area contributed by atoms with E-state index < -0.39 is 11.9 Å². The number of hydrogen-bond acceptors (Lipinski definition) is 7. The third kappa shape index (κ3) is 8.37. The quantitative estimate of drug-likeness (QED) is 0.290. The number of pyridine rings is 1. The summed E-state index contributed by atoms with van der Waals surface area (Å²) < 4.78 is 10.3. The van der Waals surface area contributed by atoms with Gasteiger partial charge in [-0.05, 0) is 35.7 Å². The molecule has 0 aliphatic rings. The second kappa shape index (κ2) is 14.0. The number of esters is 1. The van der Waals surface area contributed by atoms with Gasteiger partial charge >= 0.3 is 5.97 Å². The first-order valence-corrected chi connectivity index (χ1v) is 12.0. The molecule has 3 aromatic carbocycles. The summed E-state index contributed by atoms with van der Waals surface area (Å²) in [6, 6.07) is 28.2. The molecule has 0 saturated carbocycles. The predicted octanol–water partition coefficient (Wildman–Crippen LogP) is 4.76. The average molecular weight is 515 g/mol. The highest BCUT2D eigenvalue weighted by molar-refractivity contribution is 5.97. The highest BCUT2D eigenvalue weighted by Gasteiger charge is 2.18. The molecule has 0 fully saturated rings. The van der Waals surface area contributed by atoms with Crippen LogP contribution in [0.1, 0.15) is 23.0 Å². The maximum atomic E-state index is 12.2. The molecule has 1 amide bonds. The second-order valence-electron chi connectivity index (χ2n) is 8.30. The van der Waals surface area contributed by atoms with E-state index >= 15 is 0 Å². The SMILES string of the molecule is COc1ccnc(C(=O)NCC(=O)OC(C)Cc2cccc(-c3ccccc3)c2)c1O.Oc1ccccc1. The van der Waals surface area contributed by atoms with Crippen molar-refractivity contribution in [2.24, 2.45) is 0 Å². The second-order valence-corrected chi connectivity index (χ2v) is 8.30. The molecule has 38 heavy (non-hydrogen) atoms. The molecule has 1 unspecified atom stereocenters. The lowest BCUT2D eigenvalue weighted by Crippen LogP contribution is -2.33. The molecular formula is C30H30N2O6. The molecule has 0 saturated heterocycles. The Bertz CT molecular complexity index is 1330. The summed E-state index contributed by atoms with van der Waals surface area (Å²) in [6.45, 7) is 1.45. The summed E-state index contributed by atoms with van der Waals surface area (Å²) in [6.07, 6.45) is 1.49. The molecule has 1 aromatic heterocycles. The number of ether oxygens (including phenoxy) is 2. The van der Waals surface area contributed by atoms with Crippen molar-refractivity contribution in [3.63, 3.8) is 0 Å². The van der Waals surface area contributed by atoms with E-state index in [4.69, 9.17) is 14.6 Å². The Labute approximate surface area is 221 Å². The van der Waals surface area contributed by atoms with E-state index in [-0.39, 0.29) is 29.8 Å². The lowest BCUT2D eigenvalue weighted by molar-refractivity contribution is -0.146. The zero-order valence-corrected chi connectivity index (χ0v) is 21.2. The number of hydrogen-bond donors (Lipinski definition) is 3. The summed E-state index contributed by atoms with van der Waals surface area (Å²) in [4.78, 5) is 28.1. The maximum Gasteiger partial charge on any atom is 0.325 e. The summed E-state index contributed by atoms with van der Waals surface area (Å²) in [7, 11) is 1.37. The van der Waals surface area contributed by atoms with Crippen molar-refractivity contribution in [1.29, 1.82) is 0 Å². The standard InChI is InChI=1S/C24H24N2O5.C6H6O/c1-16(13-17-7-6-10-19(14-17)18-8-4-3-5-9-18)31-21(27)15-26-24(29)22-23(28)20(30-2)11-12-25-22;7-6-4-2-1-3-5-6/h3-12,14,16,28H,13,15H2,1-2H3,(H,26,29);1-5,7H. The molecular weight excluding hydrogens is 484 g/mol. The number of para-hydroxylation sites is 1. The van der Waals surface area contributed by atoms with Crippen molar-refractivity contribution in [1.82, 2.24) is 10.3 Å². The van der Waals surface area contributed by atoms with Crippen LogP contribution < -0.4 is 10.1 Å². The maximum absolute atomic E-state index is 12.2. The molecule has 0 aliphatic carbocycles. The van der Waals surface area contributed by atoms with Gasteiger partial charge in [-0.3, -0.25) is 9.59 Å². The molecule has 0 aliphatic heterocycles. The number of methoxy groups -OCH3 is 1. The lowest BCUT2D eigenvalue weighted by Gasteiger charge is -2.14. The number of carbonyl (C=O) groups excluding carboxylic acids is 2. The van der Waals surface area contributed by atoms with Crippen LogP contribution >= 0.6 is 0 Å². The Balaban J connectivity index is 0.000000494. The molecule has 1 atom stereocenters. The van der Waals surface area contributed by atoms with Crippen LogP contribution in [0.4, 0.5) is 0 Å². The fraction of sp³-hybridized carbons (Fsp3) is 0.167. The van der Waals surface area contributed by atoms with Gasteiger partial charge in [0.05, 0.1) is 7.11 Å². The van der Waals surface area contributed by atoms with Crippen molar-refractivity contribution in [3.05, 3.63) is 108 Å². The number of phenols is 1. The van der Waals surface area contributed by atoms with E-state index in [9.17, 15) is 14.7 Å². The first-order valence-electron chi connectivity index (χ1n) is 12.0. The zero-order chi connectivity index (χ0) is 27.3. The molecule has 196 valence electrons. The summed E-state index contributed by atoms with van der Waals surface area (Å²) in [5.74, 6) is -1.22. The number of phenolic OH excluding ortho intramolecular Hbond substituents is 1. The van der Waals surface area contributed by atoms with Crippen LogP contribution in [-0.4, -0.2) is 46.8 Å².